The first-order chi connectivity index (χ1) is 11.5. The molecule has 0 aliphatic carbocycles. The van der Waals surface area contributed by atoms with Crippen molar-refractivity contribution in [2.75, 3.05) is 26.7 Å². The molecule has 1 aromatic carbocycles. The minimum atomic E-state index is -0.105. The van der Waals surface area contributed by atoms with E-state index in [1.807, 2.05) is 17.0 Å². The summed E-state index contributed by atoms with van der Waals surface area (Å²) in [7, 11) is 1.72. The SMILES string of the molecule is COc1c(C(C)(C)C)cc(C(=O)N2CCC(CN)C2)cc1C(C)(C)C. The van der Waals surface area contributed by atoms with Gasteiger partial charge in [0.25, 0.3) is 5.91 Å². The molecule has 1 aromatic rings. The summed E-state index contributed by atoms with van der Waals surface area (Å²) in [6, 6.07) is 4.04. The van der Waals surface area contributed by atoms with Crippen molar-refractivity contribution in [3.8, 4) is 5.75 Å². The first kappa shape index (κ1) is 19.8. The van der Waals surface area contributed by atoms with Crippen LogP contribution in [0.1, 0.15) is 69.4 Å². The number of likely N-dealkylation sites (tertiary alicyclic amines) is 1. The van der Waals surface area contributed by atoms with Gasteiger partial charge < -0.3 is 15.4 Å². The highest BCUT2D eigenvalue weighted by atomic mass is 16.5. The van der Waals surface area contributed by atoms with Crippen LogP contribution in [-0.2, 0) is 10.8 Å². The Hall–Kier alpha value is -1.55. The Morgan fingerprint density at radius 1 is 1.16 bits per heavy atom. The monoisotopic (exact) mass is 346 g/mol. The third-order valence-corrected chi connectivity index (χ3v) is 5.06. The highest BCUT2D eigenvalue weighted by Crippen LogP contribution is 2.40. The lowest BCUT2D eigenvalue weighted by Gasteiger charge is -2.30. The van der Waals surface area contributed by atoms with Crippen molar-refractivity contribution in [3.63, 3.8) is 0 Å². The summed E-state index contributed by atoms with van der Waals surface area (Å²) in [6.07, 6.45) is 0.997. The van der Waals surface area contributed by atoms with Gasteiger partial charge in [-0.1, -0.05) is 41.5 Å². The summed E-state index contributed by atoms with van der Waals surface area (Å²) >= 11 is 0. The Labute approximate surface area is 152 Å². The number of carbonyl (C=O) groups is 1. The standard InChI is InChI=1S/C21H34N2O2/c1-20(2,3)16-10-15(11-17(18(16)25-7)21(4,5)6)19(24)23-9-8-14(12-22)13-23/h10-11,14H,8-9,12-13,22H2,1-7H3. The van der Waals surface area contributed by atoms with Gasteiger partial charge in [-0.05, 0) is 41.8 Å². The van der Waals surface area contributed by atoms with Crippen LogP contribution in [-0.4, -0.2) is 37.6 Å². The average molecular weight is 347 g/mol. The van der Waals surface area contributed by atoms with Crippen molar-refractivity contribution in [1.82, 2.24) is 4.90 Å². The number of hydrogen-bond donors (Lipinski definition) is 1. The maximum atomic E-state index is 13.1. The van der Waals surface area contributed by atoms with E-state index < -0.39 is 0 Å². The van der Waals surface area contributed by atoms with E-state index in [0.717, 1.165) is 42.0 Å². The molecule has 2 rings (SSSR count). The van der Waals surface area contributed by atoms with Crippen LogP contribution >= 0.6 is 0 Å². The van der Waals surface area contributed by atoms with Crippen molar-refractivity contribution < 1.29 is 9.53 Å². The van der Waals surface area contributed by atoms with Crippen molar-refractivity contribution in [1.29, 1.82) is 0 Å². The number of amides is 1. The van der Waals surface area contributed by atoms with Crippen molar-refractivity contribution in [2.24, 2.45) is 11.7 Å². The number of carbonyl (C=O) groups excluding carboxylic acids is 1. The van der Waals surface area contributed by atoms with E-state index in [1.54, 1.807) is 7.11 Å². The first-order valence-electron chi connectivity index (χ1n) is 9.21. The molecule has 0 bridgehead atoms. The molecular weight excluding hydrogens is 312 g/mol. The highest BCUT2D eigenvalue weighted by Gasteiger charge is 2.31. The van der Waals surface area contributed by atoms with Crippen LogP contribution in [0, 0.1) is 5.92 Å². The summed E-state index contributed by atoms with van der Waals surface area (Å²) in [6.45, 7) is 15.2. The average Bonchev–Trinajstić information content (AvgIpc) is 3.00. The van der Waals surface area contributed by atoms with Crippen LogP contribution in [0.2, 0.25) is 0 Å². The summed E-state index contributed by atoms with van der Waals surface area (Å²) in [5.41, 5.74) is 8.50. The second-order valence-corrected chi connectivity index (χ2v) is 9.25. The van der Waals surface area contributed by atoms with E-state index in [1.165, 1.54) is 0 Å². The molecule has 140 valence electrons. The smallest absolute Gasteiger partial charge is 0.253 e. The van der Waals surface area contributed by atoms with Crippen LogP contribution in [0.25, 0.3) is 0 Å². The molecule has 2 N–H and O–H groups in total. The van der Waals surface area contributed by atoms with Crippen LogP contribution in [0.15, 0.2) is 12.1 Å². The summed E-state index contributed by atoms with van der Waals surface area (Å²) in [5, 5.41) is 0. The third-order valence-electron chi connectivity index (χ3n) is 5.06. The molecule has 0 radical (unpaired) electrons. The number of nitrogens with zero attached hydrogens (tertiary/aromatic N) is 1. The molecule has 25 heavy (non-hydrogen) atoms. The Bertz CT molecular complexity index is 603. The fourth-order valence-corrected chi connectivity index (χ4v) is 3.48. The van der Waals surface area contributed by atoms with E-state index in [-0.39, 0.29) is 16.7 Å². The quantitative estimate of drug-likeness (QED) is 0.908. The maximum Gasteiger partial charge on any atom is 0.253 e. The predicted octanol–water partition coefficient (Wildman–Crippen LogP) is 3.71. The van der Waals surface area contributed by atoms with Crippen molar-refractivity contribution in [2.45, 2.75) is 58.8 Å². The number of methoxy groups -OCH3 is 1. The summed E-state index contributed by atoms with van der Waals surface area (Å²) < 4.78 is 5.78. The molecule has 1 fully saturated rings. The Morgan fingerprint density at radius 2 is 1.68 bits per heavy atom. The maximum absolute atomic E-state index is 13.1. The molecule has 1 aliphatic heterocycles. The molecule has 0 spiro atoms. The number of nitrogens with two attached hydrogens (primary N) is 1. The Morgan fingerprint density at radius 3 is 2.04 bits per heavy atom. The van der Waals surface area contributed by atoms with Gasteiger partial charge in [0.05, 0.1) is 7.11 Å². The van der Waals surface area contributed by atoms with Gasteiger partial charge in [-0.25, -0.2) is 0 Å². The molecule has 4 heteroatoms. The van der Waals surface area contributed by atoms with Crippen LogP contribution < -0.4 is 10.5 Å². The fraction of sp³-hybridized carbons (Fsp3) is 0.667. The molecule has 1 aliphatic rings. The minimum Gasteiger partial charge on any atom is -0.496 e. The van der Waals surface area contributed by atoms with Crippen LogP contribution in [0.5, 0.6) is 5.75 Å². The van der Waals surface area contributed by atoms with Crippen LogP contribution in [0.3, 0.4) is 0 Å². The van der Waals surface area contributed by atoms with Gasteiger partial charge in [0, 0.05) is 29.8 Å². The molecule has 1 atom stereocenters. The van der Waals surface area contributed by atoms with Crippen LogP contribution in [0.4, 0.5) is 0 Å². The molecule has 4 nitrogen and oxygen atoms in total. The Balaban J connectivity index is 2.54. The van der Waals surface area contributed by atoms with E-state index in [4.69, 9.17) is 10.5 Å². The Kier molecular flexibility index (Phi) is 5.53. The van der Waals surface area contributed by atoms with Crippen molar-refractivity contribution >= 4 is 5.91 Å². The van der Waals surface area contributed by atoms with Gasteiger partial charge in [-0.15, -0.1) is 0 Å². The molecule has 0 aromatic heterocycles. The third kappa shape index (κ3) is 4.17. The molecule has 1 amide bonds. The second kappa shape index (κ2) is 6.99. The van der Waals surface area contributed by atoms with Gasteiger partial charge in [0.2, 0.25) is 0 Å². The molecule has 1 heterocycles. The molecule has 1 unspecified atom stereocenters. The van der Waals surface area contributed by atoms with Gasteiger partial charge in [0.15, 0.2) is 0 Å². The van der Waals surface area contributed by atoms with Gasteiger partial charge in [-0.2, -0.15) is 0 Å². The zero-order chi connectivity index (χ0) is 19.0. The first-order valence-corrected chi connectivity index (χ1v) is 9.21. The van der Waals surface area contributed by atoms with Crippen molar-refractivity contribution in [3.05, 3.63) is 28.8 Å². The second-order valence-electron chi connectivity index (χ2n) is 9.25. The zero-order valence-electron chi connectivity index (χ0n) is 16.9. The molecule has 1 saturated heterocycles. The minimum absolute atomic E-state index is 0.105. The van der Waals surface area contributed by atoms with Gasteiger partial charge in [0.1, 0.15) is 5.75 Å². The summed E-state index contributed by atoms with van der Waals surface area (Å²) in [5.74, 6) is 1.43. The van der Waals surface area contributed by atoms with E-state index >= 15 is 0 Å². The van der Waals surface area contributed by atoms with Gasteiger partial charge in [-0.3, -0.25) is 4.79 Å². The number of rotatable bonds is 3. The number of ether oxygens (including phenoxy) is 1. The lowest BCUT2D eigenvalue weighted by atomic mass is 9.78. The normalized spacial score (nSPS) is 18.6. The number of hydrogen-bond acceptors (Lipinski definition) is 3. The molecule has 0 saturated carbocycles. The van der Waals surface area contributed by atoms with Gasteiger partial charge >= 0.3 is 0 Å². The number of benzene rings is 1. The highest BCUT2D eigenvalue weighted by molar-refractivity contribution is 5.95. The van der Waals surface area contributed by atoms with E-state index in [9.17, 15) is 4.79 Å². The zero-order valence-corrected chi connectivity index (χ0v) is 16.9. The summed E-state index contributed by atoms with van der Waals surface area (Å²) in [4.78, 5) is 15.1. The lowest BCUT2D eigenvalue weighted by molar-refractivity contribution is 0.0787. The fourth-order valence-electron chi connectivity index (χ4n) is 3.48. The largest absolute Gasteiger partial charge is 0.496 e. The lowest BCUT2D eigenvalue weighted by Crippen LogP contribution is -2.31. The molecular formula is C21H34N2O2. The predicted molar refractivity (Wildman–Crippen MR) is 103 cm³/mol. The van der Waals surface area contributed by atoms with E-state index in [0.29, 0.717) is 12.5 Å². The topological polar surface area (TPSA) is 55.6 Å². The van der Waals surface area contributed by atoms with E-state index in [2.05, 4.69) is 41.5 Å².